The Kier molecular flexibility index (Phi) is 5.49. The fraction of sp³-hybridized carbons (Fsp3) is 0.235. The van der Waals surface area contributed by atoms with Crippen LogP contribution in [0.5, 0.6) is 5.75 Å². The molecule has 0 spiro atoms. The van der Waals surface area contributed by atoms with Crippen LogP contribution in [0.4, 0.5) is 5.69 Å². The summed E-state index contributed by atoms with van der Waals surface area (Å²) in [6.45, 7) is 0. The van der Waals surface area contributed by atoms with Gasteiger partial charge in [0.2, 0.25) is 0 Å². The highest BCUT2D eigenvalue weighted by atomic mass is 16.6. The van der Waals surface area contributed by atoms with Gasteiger partial charge in [0.05, 0.1) is 12.0 Å². The minimum Gasteiger partial charge on any atom is -0.502 e. The molecule has 0 bridgehead atoms. The van der Waals surface area contributed by atoms with Crippen LogP contribution in [0.15, 0.2) is 42.5 Å². The van der Waals surface area contributed by atoms with Crippen molar-refractivity contribution in [2.75, 3.05) is 7.11 Å². The summed E-state index contributed by atoms with van der Waals surface area (Å²) < 4.78 is 4.55. The van der Waals surface area contributed by atoms with E-state index in [0.717, 1.165) is 5.56 Å². The summed E-state index contributed by atoms with van der Waals surface area (Å²) >= 11 is 0. The van der Waals surface area contributed by atoms with Gasteiger partial charge in [0.1, 0.15) is 6.04 Å². The second kappa shape index (κ2) is 7.56. The van der Waals surface area contributed by atoms with E-state index in [1.54, 1.807) is 6.07 Å². The molecule has 7 nitrogen and oxygen atoms in total. The van der Waals surface area contributed by atoms with Gasteiger partial charge < -0.3 is 15.6 Å². The van der Waals surface area contributed by atoms with Crippen molar-refractivity contribution in [1.82, 2.24) is 0 Å². The number of nitrogens with two attached hydrogens (primary N) is 1. The zero-order valence-electron chi connectivity index (χ0n) is 13.1. The minimum absolute atomic E-state index is 0.0536. The Morgan fingerprint density at radius 2 is 1.96 bits per heavy atom. The average molecular weight is 330 g/mol. The van der Waals surface area contributed by atoms with E-state index < -0.39 is 28.4 Å². The molecule has 2 rings (SSSR count). The van der Waals surface area contributed by atoms with Crippen molar-refractivity contribution in [2.24, 2.45) is 5.73 Å². The number of phenols is 1. The van der Waals surface area contributed by atoms with Crippen LogP contribution in [-0.4, -0.2) is 29.2 Å². The van der Waals surface area contributed by atoms with Gasteiger partial charge in [-0.15, -0.1) is 0 Å². The number of aromatic hydroxyl groups is 1. The lowest BCUT2D eigenvalue weighted by atomic mass is 9.97. The van der Waals surface area contributed by atoms with Gasteiger partial charge in [0, 0.05) is 18.1 Å². The monoisotopic (exact) mass is 330 g/mol. The Labute approximate surface area is 138 Å². The van der Waals surface area contributed by atoms with Gasteiger partial charge in [0.15, 0.2) is 5.75 Å². The Balaban J connectivity index is 2.38. The molecule has 0 aliphatic rings. The molecular weight excluding hydrogens is 312 g/mol. The number of methoxy groups -OCH3 is 1. The second-order valence-corrected chi connectivity index (χ2v) is 5.38. The van der Waals surface area contributed by atoms with Gasteiger partial charge >= 0.3 is 11.7 Å². The molecule has 0 heterocycles. The molecule has 24 heavy (non-hydrogen) atoms. The highest BCUT2D eigenvalue weighted by molar-refractivity contribution is 5.76. The molecule has 126 valence electrons. The first-order chi connectivity index (χ1) is 11.4. The molecule has 0 radical (unpaired) electrons. The fourth-order valence-electron chi connectivity index (χ4n) is 2.44. The summed E-state index contributed by atoms with van der Waals surface area (Å²) in [5.74, 6) is -1.12. The first kappa shape index (κ1) is 17.4. The summed E-state index contributed by atoms with van der Waals surface area (Å²) in [5.41, 5.74) is 7.16. The summed E-state index contributed by atoms with van der Waals surface area (Å²) in [6, 6.07) is 11.4. The number of carbonyl (C=O) groups excluding carboxylic acids is 1. The third-order valence-electron chi connectivity index (χ3n) is 3.62. The van der Waals surface area contributed by atoms with Crippen LogP contribution in [0.3, 0.4) is 0 Å². The van der Waals surface area contributed by atoms with E-state index in [1.165, 1.54) is 13.2 Å². The minimum atomic E-state index is -1.01. The predicted octanol–water partition coefficient (Wildman–Crippen LogP) is 1.93. The lowest BCUT2D eigenvalue weighted by molar-refractivity contribution is -0.386. The normalized spacial score (nSPS) is 11.8. The van der Waals surface area contributed by atoms with E-state index in [4.69, 9.17) is 5.73 Å². The molecule has 3 N–H and O–H groups in total. The van der Waals surface area contributed by atoms with Gasteiger partial charge in [-0.2, -0.15) is 0 Å². The molecule has 0 fully saturated rings. The lowest BCUT2D eigenvalue weighted by Gasteiger charge is -2.12. The average Bonchev–Trinajstić information content (AvgIpc) is 2.57. The van der Waals surface area contributed by atoms with Crippen molar-refractivity contribution in [1.29, 1.82) is 0 Å². The molecule has 0 amide bonds. The van der Waals surface area contributed by atoms with Crippen LogP contribution in [0.25, 0.3) is 0 Å². The standard InChI is InChI=1S/C17H18N2O5/c1-24-17(21)14(18)10-13-8-12(7-11-5-3-2-4-6-11)9-15(16(13)20)19(22)23/h2-6,8-9,14,20H,7,10,18H2,1H3. The summed E-state index contributed by atoms with van der Waals surface area (Å²) in [7, 11) is 1.20. The van der Waals surface area contributed by atoms with Gasteiger partial charge in [-0.25, -0.2) is 0 Å². The van der Waals surface area contributed by atoms with Crippen LogP contribution in [0.1, 0.15) is 16.7 Å². The summed E-state index contributed by atoms with van der Waals surface area (Å²) in [4.78, 5) is 22.0. The number of ether oxygens (including phenoxy) is 1. The van der Waals surface area contributed by atoms with Crippen LogP contribution < -0.4 is 5.73 Å². The van der Waals surface area contributed by atoms with E-state index in [-0.39, 0.29) is 12.0 Å². The number of esters is 1. The van der Waals surface area contributed by atoms with Crippen LogP contribution >= 0.6 is 0 Å². The molecule has 7 heteroatoms. The Bertz CT molecular complexity index is 746. The van der Waals surface area contributed by atoms with Gasteiger partial charge in [-0.05, 0) is 17.5 Å². The van der Waals surface area contributed by atoms with Crippen molar-refractivity contribution in [2.45, 2.75) is 18.9 Å². The van der Waals surface area contributed by atoms with Crippen LogP contribution in [-0.2, 0) is 22.4 Å². The Morgan fingerprint density at radius 1 is 1.29 bits per heavy atom. The van der Waals surface area contributed by atoms with Crippen molar-refractivity contribution < 1.29 is 19.6 Å². The number of rotatable bonds is 6. The summed E-state index contributed by atoms with van der Waals surface area (Å²) in [5, 5.41) is 21.3. The van der Waals surface area contributed by atoms with E-state index in [0.29, 0.717) is 12.0 Å². The van der Waals surface area contributed by atoms with Gasteiger partial charge in [0.25, 0.3) is 0 Å². The van der Waals surface area contributed by atoms with Gasteiger partial charge in [-0.3, -0.25) is 14.9 Å². The molecule has 1 unspecified atom stereocenters. The fourth-order valence-corrected chi connectivity index (χ4v) is 2.44. The first-order valence-electron chi connectivity index (χ1n) is 7.29. The van der Waals surface area contributed by atoms with Crippen molar-refractivity contribution >= 4 is 11.7 Å². The van der Waals surface area contributed by atoms with E-state index in [2.05, 4.69) is 4.74 Å². The third kappa shape index (κ3) is 4.08. The number of benzene rings is 2. The number of nitro groups is 1. The smallest absolute Gasteiger partial charge is 0.322 e. The van der Waals surface area contributed by atoms with E-state index in [9.17, 15) is 20.0 Å². The van der Waals surface area contributed by atoms with Crippen LogP contribution in [0, 0.1) is 10.1 Å². The lowest BCUT2D eigenvalue weighted by Crippen LogP contribution is -2.33. The van der Waals surface area contributed by atoms with E-state index in [1.807, 2.05) is 30.3 Å². The molecule has 0 aromatic heterocycles. The highest BCUT2D eigenvalue weighted by Gasteiger charge is 2.23. The first-order valence-corrected chi connectivity index (χ1v) is 7.29. The molecule has 2 aromatic carbocycles. The van der Waals surface area contributed by atoms with Crippen molar-refractivity contribution in [3.8, 4) is 5.75 Å². The molecule has 2 aromatic rings. The highest BCUT2D eigenvalue weighted by Crippen LogP contribution is 2.33. The third-order valence-corrected chi connectivity index (χ3v) is 3.62. The molecule has 0 aliphatic carbocycles. The SMILES string of the molecule is COC(=O)C(N)Cc1cc(Cc2ccccc2)cc([N+](=O)[O-])c1O. The van der Waals surface area contributed by atoms with Gasteiger partial charge in [-0.1, -0.05) is 36.4 Å². The second-order valence-electron chi connectivity index (χ2n) is 5.38. The molecule has 1 atom stereocenters. The number of phenolic OH excluding ortho intramolecular Hbond substituents is 1. The van der Waals surface area contributed by atoms with Crippen molar-refractivity contribution in [3.63, 3.8) is 0 Å². The quantitative estimate of drug-likeness (QED) is 0.475. The largest absolute Gasteiger partial charge is 0.502 e. The number of nitro benzene ring substituents is 1. The zero-order chi connectivity index (χ0) is 17.7. The number of hydrogen-bond donors (Lipinski definition) is 2. The number of hydrogen-bond acceptors (Lipinski definition) is 6. The summed E-state index contributed by atoms with van der Waals surface area (Å²) in [6.07, 6.45) is 0.407. The topological polar surface area (TPSA) is 116 Å². The maximum absolute atomic E-state index is 11.5. The number of carbonyl (C=O) groups is 1. The molecular formula is C17H18N2O5. The zero-order valence-corrected chi connectivity index (χ0v) is 13.1. The molecule has 0 saturated carbocycles. The van der Waals surface area contributed by atoms with Crippen LogP contribution in [0.2, 0.25) is 0 Å². The Hall–Kier alpha value is -2.93. The molecule has 0 aliphatic heterocycles. The predicted molar refractivity (Wildman–Crippen MR) is 87.7 cm³/mol. The van der Waals surface area contributed by atoms with Crippen molar-refractivity contribution in [3.05, 3.63) is 69.3 Å². The number of nitrogens with zero attached hydrogens (tertiary/aromatic N) is 1. The maximum atomic E-state index is 11.5. The molecule has 0 saturated heterocycles. The van der Waals surface area contributed by atoms with E-state index >= 15 is 0 Å². The maximum Gasteiger partial charge on any atom is 0.322 e. The Morgan fingerprint density at radius 3 is 2.54 bits per heavy atom.